The molecule has 2 aliphatic rings. The number of anilines is 2. The van der Waals surface area contributed by atoms with Gasteiger partial charge in [-0.15, -0.1) is 0 Å². The molecule has 13 heteroatoms. The van der Waals surface area contributed by atoms with E-state index in [0.29, 0.717) is 18.8 Å². The summed E-state index contributed by atoms with van der Waals surface area (Å²) in [6, 6.07) is 14.5. The highest BCUT2D eigenvalue weighted by Gasteiger charge is 2.43. The van der Waals surface area contributed by atoms with E-state index in [9.17, 15) is 23.6 Å². The highest BCUT2D eigenvalue weighted by atomic mass is 19.1. The predicted molar refractivity (Wildman–Crippen MR) is 163 cm³/mol. The quantitative estimate of drug-likeness (QED) is 0.263. The van der Waals surface area contributed by atoms with Crippen LogP contribution in [0.3, 0.4) is 0 Å². The van der Waals surface area contributed by atoms with E-state index in [1.54, 1.807) is 4.90 Å². The molecule has 0 bridgehead atoms. The van der Waals surface area contributed by atoms with Crippen molar-refractivity contribution in [3.63, 3.8) is 0 Å². The van der Waals surface area contributed by atoms with Crippen LogP contribution in [0.4, 0.5) is 25.1 Å². The van der Waals surface area contributed by atoms with Gasteiger partial charge in [-0.05, 0) is 79.3 Å². The number of amides is 3. The van der Waals surface area contributed by atoms with Crippen molar-refractivity contribution in [2.75, 3.05) is 23.7 Å². The SMILES string of the molecule is CC(=O)OC1CC2CN(C(=O)Nc3cc(Oc4ccc(NC(=O)c5cccn(-c6ccc(F)cc6)c5=O)cc4F)ccn3)CC2C1. The largest absolute Gasteiger partial charge is 0.463 e. The molecule has 2 aromatic heterocycles. The molecule has 2 fully saturated rings. The number of nitrogens with one attached hydrogen (secondary N) is 2. The third-order valence-electron chi connectivity index (χ3n) is 8.01. The summed E-state index contributed by atoms with van der Waals surface area (Å²) in [4.78, 5) is 55.8. The van der Waals surface area contributed by atoms with Crippen molar-refractivity contribution in [2.24, 2.45) is 11.8 Å². The molecule has 1 aliphatic carbocycles. The zero-order valence-electron chi connectivity index (χ0n) is 24.6. The number of esters is 1. The standard InChI is InChI=1S/C33H29F2N5O6/c1-19(41)45-26-13-20-17-39(18-21(20)14-26)33(44)38-30-16-25(10-11-36-30)46-29-9-6-23(15-28(29)35)37-31(42)27-3-2-12-40(32(27)43)24-7-4-22(34)5-8-24/h2-12,15-16,20-21,26H,13-14,17-18H2,1H3,(H,37,42)(H,36,38,44). The van der Waals surface area contributed by atoms with Crippen molar-refractivity contribution in [3.8, 4) is 17.2 Å². The molecule has 3 heterocycles. The van der Waals surface area contributed by atoms with Crippen LogP contribution in [0.1, 0.15) is 30.1 Å². The minimum Gasteiger partial charge on any atom is -0.463 e. The van der Waals surface area contributed by atoms with Crippen LogP contribution in [0.5, 0.6) is 11.5 Å². The number of likely N-dealkylation sites (tertiary alicyclic amines) is 1. The molecule has 2 N–H and O–H groups in total. The number of hydrogen-bond donors (Lipinski definition) is 2. The maximum Gasteiger partial charge on any atom is 0.323 e. The Hall–Kier alpha value is -5.59. The van der Waals surface area contributed by atoms with Gasteiger partial charge in [-0.3, -0.25) is 24.3 Å². The molecule has 2 aromatic carbocycles. The van der Waals surface area contributed by atoms with Crippen LogP contribution >= 0.6 is 0 Å². The molecule has 4 aromatic rings. The number of carbonyl (C=O) groups excluding carboxylic acids is 3. The summed E-state index contributed by atoms with van der Waals surface area (Å²) in [7, 11) is 0. The van der Waals surface area contributed by atoms with Crippen molar-refractivity contribution < 1.29 is 32.6 Å². The second kappa shape index (κ2) is 12.8. The number of rotatable bonds is 7. The fourth-order valence-electron chi connectivity index (χ4n) is 5.93. The second-order valence-electron chi connectivity index (χ2n) is 11.2. The number of aromatic nitrogens is 2. The molecule has 0 radical (unpaired) electrons. The molecule has 1 saturated carbocycles. The van der Waals surface area contributed by atoms with Crippen molar-refractivity contribution in [3.05, 3.63) is 107 Å². The Kier molecular flexibility index (Phi) is 8.47. The lowest BCUT2D eigenvalue weighted by atomic mass is 10.0. The lowest BCUT2D eigenvalue weighted by Gasteiger charge is -2.19. The van der Waals surface area contributed by atoms with E-state index < -0.39 is 23.1 Å². The van der Waals surface area contributed by atoms with E-state index in [2.05, 4.69) is 15.6 Å². The Balaban J connectivity index is 1.06. The summed E-state index contributed by atoms with van der Waals surface area (Å²) in [5, 5.41) is 5.26. The van der Waals surface area contributed by atoms with Gasteiger partial charge in [0.2, 0.25) is 0 Å². The Morgan fingerprint density at radius 3 is 2.37 bits per heavy atom. The van der Waals surface area contributed by atoms with Gasteiger partial charge in [-0.2, -0.15) is 0 Å². The molecule has 2 atom stereocenters. The smallest absolute Gasteiger partial charge is 0.323 e. The number of urea groups is 1. The summed E-state index contributed by atoms with van der Waals surface area (Å²) in [6.07, 6.45) is 4.22. The number of benzene rings is 2. The van der Waals surface area contributed by atoms with E-state index in [4.69, 9.17) is 9.47 Å². The Bertz CT molecular complexity index is 1850. The normalized spacial score (nSPS) is 18.5. The molecule has 46 heavy (non-hydrogen) atoms. The molecule has 236 valence electrons. The van der Waals surface area contributed by atoms with Gasteiger partial charge >= 0.3 is 12.0 Å². The number of nitrogens with zero attached hydrogens (tertiary/aromatic N) is 3. The molecular formula is C33H29F2N5O6. The first-order valence-electron chi connectivity index (χ1n) is 14.6. The van der Waals surface area contributed by atoms with Gasteiger partial charge in [0, 0.05) is 55.9 Å². The van der Waals surface area contributed by atoms with Crippen LogP contribution in [0, 0.1) is 23.5 Å². The minimum absolute atomic E-state index is 0.0867. The fraction of sp³-hybridized carbons (Fsp3) is 0.242. The van der Waals surface area contributed by atoms with Crippen LogP contribution in [0.25, 0.3) is 5.69 Å². The van der Waals surface area contributed by atoms with Gasteiger partial charge < -0.3 is 19.7 Å². The maximum absolute atomic E-state index is 15.0. The van der Waals surface area contributed by atoms with Crippen LogP contribution in [0.2, 0.25) is 0 Å². The average molecular weight is 630 g/mol. The number of ether oxygens (including phenoxy) is 2. The summed E-state index contributed by atoms with van der Waals surface area (Å²) >= 11 is 0. The van der Waals surface area contributed by atoms with Crippen molar-refractivity contribution >= 4 is 29.4 Å². The van der Waals surface area contributed by atoms with E-state index >= 15 is 4.39 Å². The number of hydrogen-bond acceptors (Lipinski definition) is 7. The van der Waals surface area contributed by atoms with Crippen molar-refractivity contribution in [1.82, 2.24) is 14.5 Å². The molecular weight excluding hydrogens is 600 g/mol. The van der Waals surface area contributed by atoms with Gasteiger partial charge in [0.05, 0.1) is 0 Å². The van der Waals surface area contributed by atoms with Gasteiger partial charge in [0.15, 0.2) is 11.6 Å². The Labute approximate surface area is 261 Å². The molecule has 6 rings (SSSR count). The maximum atomic E-state index is 15.0. The van der Waals surface area contributed by atoms with Crippen LogP contribution in [-0.4, -0.2) is 51.6 Å². The first-order valence-corrected chi connectivity index (χ1v) is 14.6. The van der Waals surface area contributed by atoms with E-state index in [-0.39, 0.29) is 58.5 Å². The lowest BCUT2D eigenvalue weighted by Crippen LogP contribution is -2.34. The zero-order valence-corrected chi connectivity index (χ0v) is 24.6. The summed E-state index contributed by atoms with van der Waals surface area (Å²) < 4.78 is 40.5. The molecule has 2 unspecified atom stereocenters. The van der Waals surface area contributed by atoms with Crippen LogP contribution in [-0.2, 0) is 9.53 Å². The van der Waals surface area contributed by atoms with Crippen molar-refractivity contribution in [1.29, 1.82) is 0 Å². The number of carbonyl (C=O) groups is 3. The molecule has 3 amide bonds. The second-order valence-corrected chi connectivity index (χ2v) is 11.2. The number of fused-ring (bicyclic) bond motifs is 1. The van der Waals surface area contributed by atoms with Gasteiger partial charge in [-0.25, -0.2) is 18.6 Å². The Morgan fingerprint density at radius 2 is 1.67 bits per heavy atom. The highest BCUT2D eigenvalue weighted by Crippen LogP contribution is 2.39. The van der Waals surface area contributed by atoms with Gasteiger partial charge in [0.25, 0.3) is 11.5 Å². The fourth-order valence-corrected chi connectivity index (χ4v) is 5.93. The minimum atomic E-state index is -0.785. The summed E-state index contributed by atoms with van der Waals surface area (Å²) in [5.74, 6) is -1.48. The van der Waals surface area contributed by atoms with E-state index in [1.807, 2.05) is 0 Å². The number of pyridine rings is 2. The first-order chi connectivity index (χ1) is 22.1. The van der Waals surface area contributed by atoms with Crippen molar-refractivity contribution in [2.45, 2.75) is 25.9 Å². The number of halogens is 2. The lowest BCUT2D eigenvalue weighted by molar-refractivity contribution is -0.146. The van der Waals surface area contributed by atoms with Crippen LogP contribution < -0.4 is 20.9 Å². The average Bonchev–Trinajstić information content (AvgIpc) is 3.58. The van der Waals surface area contributed by atoms with Gasteiger partial charge in [0.1, 0.15) is 29.1 Å². The van der Waals surface area contributed by atoms with E-state index in [1.165, 1.54) is 84.5 Å². The highest BCUT2D eigenvalue weighted by molar-refractivity contribution is 6.04. The molecule has 1 aliphatic heterocycles. The summed E-state index contributed by atoms with van der Waals surface area (Å²) in [5.41, 5.74) is -0.361. The first kappa shape index (κ1) is 30.4. The summed E-state index contributed by atoms with van der Waals surface area (Å²) in [6.45, 7) is 2.49. The van der Waals surface area contributed by atoms with Gasteiger partial charge in [-0.1, -0.05) is 0 Å². The molecule has 1 saturated heterocycles. The Morgan fingerprint density at radius 1 is 0.935 bits per heavy atom. The third kappa shape index (κ3) is 6.72. The van der Waals surface area contributed by atoms with E-state index in [0.717, 1.165) is 18.9 Å². The molecule has 0 spiro atoms. The zero-order chi connectivity index (χ0) is 32.4. The molecule has 11 nitrogen and oxygen atoms in total. The topological polar surface area (TPSA) is 132 Å². The monoisotopic (exact) mass is 629 g/mol. The van der Waals surface area contributed by atoms with Crippen LogP contribution in [0.15, 0.2) is 83.9 Å². The predicted octanol–water partition coefficient (Wildman–Crippen LogP) is 5.36. The third-order valence-corrected chi connectivity index (χ3v) is 8.01.